The second-order valence-corrected chi connectivity index (χ2v) is 4.81. The van der Waals surface area contributed by atoms with Gasteiger partial charge in [0.15, 0.2) is 0 Å². The SMILES string of the molecule is CC(OC(=O)c1ccnc2[nH]ccc12)c1ccc(F)cc1F. The lowest BCUT2D eigenvalue weighted by Crippen LogP contribution is -2.11. The highest BCUT2D eigenvalue weighted by Gasteiger charge is 2.19. The zero-order chi connectivity index (χ0) is 15.7. The van der Waals surface area contributed by atoms with Crippen molar-refractivity contribution in [1.82, 2.24) is 9.97 Å². The first-order valence-corrected chi connectivity index (χ1v) is 6.64. The second kappa shape index (κ2) is 5.55. The third-order valence-corrected chi connectivity index (χ3v) is 3.36. The Balaban J connectivity index is 1.86. The first kappa shape index (κ1) is 14.2. The Morgan fingerprint density at radius 3 is 2.86 bits per heavy atom. The van der Waals surface area contributed by atoms with E-state index in [2.05, 4.69) is 9.97 Å². The van der Waals surface area contributed by atoms with Crippen LogP contribution in [0, 0.1) is 11.6 Å². The molecule has 0 bridgehead atoms. The van der Waals surface area contributed by atoms with Crippen molar-refractivity contribution in [2.75, 3.05) is 0 Å². The van der Waals surface area contributed by atoms with Gasteiger partial charge in [0.1, 0.15) is 23.4 Å². The summed E-state index contributed by atoms with van der Waals surface area (Å²) in [4.78, 5) is 19.2. The molecule has 4 nitrogen and oxygen atoms in total. The molecule has 22 heavy (non-hydrogen) atoms. The first-order valence-electron chi connectivity index (χ1n) is 6.64. The summed E-state index contributed by atoms with van der Waals surface area (Å²) < 4.78 is 31.9. The number of H-pyrrole nitrogens is 1. The number of rotatable bonds is 3. The zero-order valence-electron chi connectivity index (χ0n) is 11.6. The van der Waals surface area contributed by atoms with E-state index in [1.165, 1.54) is 25.3 Å². The van der Waals surface area contributed by atoms with Crippen LogP contribution >= 0.6 is 0 Å². The highest BCUT2D eigenvalue weighted by atomic mass is 19.1. The average molecular weight is 302 g/mol. The van der Waals surface area contributed by atoms with Crippen LogP contribution in [-0.2, 0) is 4.74 Å². The summed E-state index contributed by atoms with van der Waals surface area (Å²) in [6, 6.07) is 6.39. The summed E-state index contributed by atoms with van der Waals surface area (Å²) in [6.07, 6.45) is 2.31. The molecule has 2 aromatic heterocycles. The number of hydrogen-bond acceptors (Lipinski definition) is 3. The lowest BCUT2D eigenvalue weighted by Gasteiger charge is -2.14. The molecule has 6 heteroatoms. The van der Waals surface area contributed by atoms with Gasteiger partial charge in [-0.15, -0.1) is 0 Å². The number of halogens is 2. The summed E-state index contributed by atoms with van der Waals surface area (Å²) in [7, 11) is 0. The molecule has 0 radical (unpaired) electrons. The van der Waals surface area contributed by atoms with Crippen molar-refractivity contribution in [2.45, 2.75) is 13.0 Å². The van der Waals surface area contributed by atoms with Crippen molar-refractivity contribution >= 4 is 17.0 Å². The largest absolute Gasteiger partial charge is 0.454 e. The number of carbonyl (C=O) groups excluding carboxylic acids is 1. The maximum atomic E-state index is 13.7. The van der Waals surface area contributed by atoms with E-state index in [4.69, 9.17) is 4.74 Å². The van der Waals surface area contributed by atoms with E-state index in [-0.39, 0.29) is 5.56 Å². The highest BCUT2D eigenvalue weighted by molar-refractivity contribution is 6.02. The topological polar surface area (TPSA) is 55.0 Å². The summed E-state index contributed by atoms with van der Waals surface area (Å²) in [5.41, 5.74) is 1.02. The number of esters is 1. The number of carbonyl (C=O) groups is 1. The fourth-order valence-electron chi connectivity index (χ4n) is 2.26. The van der Waals surface area contributed by atoms with Crippen LogP contribution in [0.3, 0.4) is 0 Å². The highest BCUT2D eigenvalue weighted by Crippen LogP contribution is 2.24. The predicted octanol–water partition coefficient (Wildman–Crippen LogP) is 3.76. The minimum Gasteiger partial charge on any atom is -0.454 e. The van der Waals surface area contributed by atoms with Crippen LogP contribution in [0.5, 0.6) is 0 Å². The van der Waals surface area contributed by atoms with Crippen LogP contribution in [0.15, 0.2) is 42.7 Å². The number of fused-ring (bicyclic) bond motifs is 1. The number of pyridine rings is 1. The molecule has 112 valence electrons. The van der Waals surface area contributed by atoms with Crippen LogP contribution in [0.4, 0.5) is 8.78 Å². The van der Waals surface area contributed by atoms with Gasteiger partial charge in [0, 0.05) is 29.4 Å². The monoisotopic (exact) mass is 302 g/mol. The van der Waals surface area contributed by atoms with Gasteiger partial charge in [-0.2, -0.15) is 0 Å². The normalized spacial score (nSPS) is 12.3. The predicted molar refractivity (Wildman–Crippen MR) is 76.3 cm³/mol. The maximum Gasteiger partial charge on any atom is 0.339 e. The molecule has 0 fully saturated rings. The molecule has 0 amide bonds. The minimum atomic E-state index is -0.838. The van der Waals surface area contributed by atoms with Crippen LogP contribution in [0.25, 0.3) is 11.0 Å². The summed E-state index contributed by atoms with van der Waals surface area (Å²) in [5.74, 6) is -2.02. The summed E-state index contributed by atoms with van der Waals surface area (Å²) in [6.45, 7) is 1.53. The van der Waals surface area contributed by atoms with Gasteiger partial charge in [0.05, 0.1) is 5.56 Å². The van der Waals surface area contributed by atoms with Gasteiger partial charge in [-0.3, -0.25) is 0 Å². The van der Waals surface area contributed by atoms with Crippen LogP contribution < -0.4 is 0 Å². The van der Waals surface area contributed by atoms with E-state index >= 15 is 0 Å². The molecule has 0 aliphatic rings. The standard InChI is InChI=1S/C16H12F2N2O2/c1-9(11-3-2-10(17)8-14(11)18)22-16(21)13-5-7-20-15-12(13)4-6-19-15/h2-9H,1H3,(H,19,20). The molecule has 1 unspecified atom stereocenters. The number of hydrogen-bond donors (Lipinski definition) is 1. The fourth-order valence-corrected chi connectivity index (χ4v) is 2.26. The van der Waals surface area contributed by atoms with Crippen molar-refractivity contribution in [2.24, 2.45) is 0 Å². The van der Waals surface area contributed by atoms with Gasteiger partial charge in [-0.05, 0) is 31.2 Å². The van der Waals surface area contributed by atoms with Crippen molar-refractivity contribution in [3.05, 3.63) is 65.5 Å². The molecule has 1 atom stereocenters. The smallest absolute Gasteiger partial charge is 0.339 e. The van der Waals surface area contributed by atoms with Gasteiger partial charge >= 0.3 is 5.97 Å². The third kappa shape index (κ3) is 2.55. The molecule has 0 aliphatic heterocycles. The molecule has 0 saturated carbocycles. The number of aromatic amines is 1. The van der Waals surface area contributed by atoms with E-state index < -0.39 is 23.7 Å². The van der Waals surface area contributed by atoms with E-state index in [9.17, 15) is 13.6 Å². The van der Waals surface area contributed by atoms with E-state index in [1.54, 1.807) is 12.3 Å². The van der Waals surface area contributed by atoms with E-state index in [1.807, 2.05) is 0 Å². The van der Waals surface area contributed by atoms with Gasteiger partial charge in [0.2, 0.25) is 0 Å². The molecular weight excluding hydrogens is 290 g/mol. The molecule has 0 saturated heterocycles. The van der Waals surface area contributed by atoms with Gasteiger partial charge in [0.25, 0.3) is 0 Å². The second-order valence-electron chi connectivity index (χ2n) is 4.81. The molecule has 3 rings (SSSR count). The Kier molecular flexibility index (Phi) is 3.58. The molecule has 1 aromatic carbocycles. The van der Waals surface area contributed by atoms with Crippen LogP contribution in [0.1, 0.15) is 28.9 Å². The summed E-state index contributed by atoms with van der Waals surface area (Å²) in [5, 5.41) is 0.624. The van der Waals surface area contributed by atoms with Crippen LogP contribution in [-0.4, -0.2) is 15.9 Å². The Bertz CT molecular complexity index is 845. The number of aromatic nitrogens is 2. The van der Waals surface area contributed by atoms with Gasteiger partial charge in [-0.25, -0.2) is 18.6 Å². The number of ether oxygens (including phenoxy) is 1. The maximum absolute atomic E-state index is 13.7. The van der Waals surface area contributed by atoms with E-state index in [0.29, 0.717) is 16.6 Å². The Morgan fingerprint density at radius 2 is 2.09 bits per heavy atom. The quantitative estimate of drug-likeness (QED) is 0.749. The first-order chi connectivity index (χ1) is 10.6. The van der Waals surface area contributed by atoms with Crippen molar-refractivity contribution < 1.29 is 18.3 Å². The molecule has 0 aliphatic carbocycles. The number of nitrogens with one attached hydrogen (secondary N) is 1. The van der Waals surface area contributed by atoms with Crippen LogP contribution in [0.2, 0.25) is 0 Å². The number of nitrogens with zero attached hydrogens (tertiary/aromatic N) is 1. The van der Waals surface area contributed by atoms with E-state index in [0.717, 1.165) is 12.1 Å². The number of benzene rings is 1. The minimum absolute atomic E-state index is 0.120. The fraction of sp³-hybridized carbons (Fsp3) is 0.125. The molecule has 2 heterocycles. The summed E-state index contributed by atoms with van der Waals surface area (Å²) >= 11 is 0. The Hall–Kier alpha value is -2.76. The zero-order valence-corrected chi connectivity index (χ0v) is 11.6. The van der Waals surface area contributed by atoms with Gasteiger partial charge < -0.3 is 9.72 Å². The molecule has 0 spiro atoms. The van der Waals surface area contributed by atoms with Crippen molar-refractivity contribution in [3.63, 3.8) is 0 Å². The molecule has 3 aromatic rings. The Labute approximate surface area is 124 Å². The van der Waals surface area contributed by atoms with Crippen molar-refractivity contribution in [3.8, 4) is 0 Å². The third-order valence-electron chi connectivity index (χ3n) is 3.36. The molecular formula is C16H12F2N2O2. The van der Waals surface area contributed by atoms with Crippen molar-refractivity contribution in [1.29, 1.82) is 0 Å². The average Bonchev–Trinajstić information content (AvgIpc) is 2.95. The molecule has 1 N–H and O–H groups in total. The Morgan fingerprint density at radius 1 is 1.27 bits per heavy atom. The van der Waals surface area contributed by atoms with Gasteiger partial charge in [-0.1, -0.05) is 0 Å². The lowest BCUT2D eigenvalue weighted by atomic mass is 10.1. The lowest BCUT2D eigenvalue weighted by molar-refractivity contribution is 0.0333.